The summed E-state index contributed by atoms with van der Waals surface area (Å²) in [5, 5.41) is 12.1. The lowest BCUT2D eigenvalue weighted by Gasteiger charge is -2.15. The van der Waals surface area contributed by atoms with Crippen molar-refractivity contribution in [2.75, 3.05) is 7.11 Å². The molecule has 1 atom stereocenters. The van der Waals surface area contributed by atoms with Gasteiger partial charge in [-0.2, -0.15) is 5.26 Å². The third-order valence-electron chi connectivity index (χ3n) is 2.69. The van der Waals surface area contributed by atoms with E-state index in [9.17, 15) is 0 Å². The van der Waals surface area contributed by atoms with E-state index in [0.29, 0.717) is 6.42 Å². The highest BCUT2D eigenvalue weighted by Gasteiger charge is 2.09. The molecule has 1 N–H and O–H groups in total. The first kappa shape index (κ1) is 15.5. The molecule has 1 aromatic rings. The van der Waals surface area contributed by atoms with Crippen molar-refractivity contribution in [2.45, 2.75) is 32.4 Å². The van der Waals surface area contributed by atoms with E-state index in [1.807, 2.05) is 12.1 Å². The maximum Gasteiger partial charge on any atom is 0.147 e. The summed E-state index contributed by atoms with van der Waals surface area (Å²) in [6.07, 6.45) is 1.49. The van der Waals surface area contributed by atoms with Crippen LogP contribution in [0.15, 0.2) is 21.1 Å². The predicted octanol–water partition coefficient (Wildman–Crippen LogP) is 4.00. The van der Waals surface area contributed by atoms with Crippen LogP contribution >= 0.6 is 31.9 Å². The highest BCUT2D eigenvalue weighted by molar-refractivity contribution is 9.11. The molecule has 0 saturated carbocycles. The maximum atomic E-state index is 8.70. The third-order valence-corrected chi connectivity index (χ3v) is 3.87. The molecule has 18 heavy (non-hydrogen) atoms. The molecule has 0 aliphatic heterocycles. The molecule has 0 radical (unpaired) electrons. The molecule has 1 unspecified atom stereocenters. The van der Waals surface area contributed by atoms with Crippen LogP contribution in [0.5, 0.6) is 5.75 Å². The van der Waals surface area contributed by atoms with Crippen LogP contribution in [-0.4, -0.2) is 13.2 Å². The van der Waals surface area contributed by atoms with Crippen LogP contribution < -0.4 is 10.1 Å². The summed E-state index contributed by atoms with van der Waals surface area (Å²) in [6.45, 7) is 2.82. The zero-order chi connectivity index (χ0) is 13.5. The van der Waals surface area contributed by atoms with Crippen LogP contribution in [0.2, 0.25) is 0 Å². The van der Waals surface area contributed by atoms with Gasteiger partial charge in [-0.1, -0.05) is 6.92 Å². The van der Waals surface area contributed by atoms with Gasteiger partial charge in [0.25, 0.3) is 0 Å². The summed E-state index contributed by atoms with van der Waals surface area (Å²) in [6, 6.07) is 6.49. The number of benzene rings is 1. The standard InChI is InChI=1S/C13H16Br2N2O/c1-3-10(4-5-16)17-8-9-6-11(14)13(18-2)12(15)7-9/h6-7,10,17H,3-4,8H2,1-2H3. The summed E-state index contributed by atoms with van der Waals surface area (Å²) < 4.78 is 7.10. The number of ether oxygens (including phenoxy) is 1. The molecule has 1 aromatic carbocycles. The van der Waals surface area contributed by atoms with Crippen LogP contribution in [0.25, 0.3) is 0 Å². The van der Waals surface area contributed by atoms with Gasteiger partial charge in [0.15, 0.2) is 0 Å². The Morgan fingerprint density at radius 1 is 1.39 bits per heavy atom. The van der Waals surface area contributed by atoms with Crippen molar-refractivity contribution in [3.63, 3.8) is 0 Å². The second kappa shape index (κ2) is 7.78. The molecule has 0 saturated heterocycles. The predicted molar refractivity (Wildman–Crippen MR) is 79.5 cm³/mol. The van der Waals surface area contributed by atoms with E-state index in [0.717, 1.165) is 33.2 Å². The third kappa shape index (κ3) is 4.27. The van der Waals surface area contributed by atoms with Gasteiger partial charge >= 0.3 is 0 Å². The van der Waals surface area contributed by atoms with E-state index in [2.05, 4.69) is 50.2 Å². The second-order valence-electron chi connectivity index (χ2n) is 3.94. The summed E-state index contributed by atoms with van der Waals surface area (Å²) in [5.41, 5.74) is 1.14. The summed E-state index contributed by atoms with van der Waals surface area (Å²) >= 11 is 6.96. The topological polar surface area (TPSA) is 45.0 Å². The lowest BCUT2D eigenvalue weighted by molar-refractivity contribution is 0.409. The highest BCUT2D eigenvalue weighted by Crippen LogP contribution is 2.34. The van der Waals surface area contributed by atoms with E-state index in [1.54, 1.807) is 7.11 Å². The summed E-state index contributed by atoms with van der Waals surface area (Å²) in [7, 11) is 1.64. The van der Waals surface area contributed by atoms with Crippen molar-refractivity contribution in [1.29, 1.82) is 5.26 Å². The molecule has 0 spiro atoms. The zero-order valence-electron chi connectivity index (χ0n) is 10.5. The molecule has 0 heterocycles. The molecule has 5 heteroatoms. The molecule has 0 amide bonds. The fraction of sp³-hybridized carbons (Fsp3) is 0.462. The molecule has 0 fully saturated rings. The van der Waals surface area contributed by atoms with E-state index < -0.39 is 0 Å². The van der Waals surface area contributed by atoms with Crippen molar-refractivity contribution in [3.8, 4) is 11.8 Å². The Hall–Kier alpha value is -0.570. The van der Waals surface area contributed by atoms with Gasteiger partial charge in [0.1, 0.15) is 5.75 Å². The fourth-order valence-electron chi connectivity index (χ4n) is 1.64. The SMILES string of the molecule is CCC(CC#N)NCc1cc(Br)c(OC)c(Br)c1. The molecule has 3 nitrogen and oxygen atoms in total. The largest absolute Gasteiger partial charge is 0.494 e. The Morgan fingerprint density at radius 2 is 2.00 bits per heavy atom. The number of rotatable bonds is 6. The van der Waals surface area contributed by atoms with Gasteiger partial charge in [0.05, 0.1) is 28.5 Å². The number of nitrogens with one attached hydrogen (secondary N) is 1. The molecule has 0 aliphatic carbocycles. The van der Waals surface area contributed by atoms with E-state index >= 15 is 0 Å². The van der Waals surface area contributed by atoms with Crippen LogP contribution in [0.4, 0.5) is 0 Å². The Balaban J connectivity index is 2.71. The van der Waals surface area contributed by atoms with Gasteiger partial charge in [0.2, 0.25) is 0 Å². The van der Waals surface area contributed by atoms with Gasteiger partial charge in [-0.15, -0.1) is 0 Å². The Bertz CT molecular complexity index is 420. The molecule has 0 aliphatic rings. The molecule has 0 aromatic heterocycles. The van der Waals surface area contributed by atoms with E-state index in [4.69, 9.17) is 10.00 Å². The molecule has 1 rings (SSSR count). The Labute approximate surface area is 125 Å². The second-order valence-corrected chi connectivity index (χ2v) is 5.65. The minimum Gasteiger partial charge on any atom is -0.494 e. The number of hydrogen-bond acceptors (Lipinski definition) is 3. The van der Waals surface area contributed by atoms with Gasteiger partial charge in [-0.05, 0) is 56.0 Å². The van der Waals surface area contributed by atoms with Crippen molar-refractivity contribution in [3.05, 3.63) is 26.6 Å². The molecular formula is C13H16Br2N2O. The Kier molecular flexibility index (Phi) is 6.69. The summed E-state index contributed by atoms with van der Waals surface area (Å²) in [4.78, 5) is 0. The van der Waals surface area contributed by atoms with Gasteiger partial charge in [-0.3, -0.25) is 0 Å². The highest BCUT2D eigenvalue weighted by atomic mass is 79.9. The van der Waals surface area contributed by atoms with Crippen molar-refractivity contribution in [2.24, 2.45) is 0 Å². The van der Waals surface area contributed by atoms with Gasteiger partial charge in [0, 0.05) is 12.6 Å². The fourth-order valence-corrected chi connectivity index (χ4v) is 3.25. The summed E-state index contributed by atoms with van der Waals surface area (Å²) in [5.74, 6) is 0.794. The lowest BCUT2D eigenvalue weighted by atomic mass is 10.1. The van der Waals surface area contributed by atoms with Gasteiger partial charge in [-0.25, -0.2) is 0 Å². The number of hydrogen-bond donors (Lipinski definition) is 1. The number of nitrogens with zero attached hydrogens (tertiary/aromatic N) is 1. The Morgan fingerprint density at radius 3 is 2.44 bits per heavy atom. The van der Waals surface area contributed by atoms with Crippen LogP contribution in [0.1, 0.15) is 25.3 Å². The van der Waals surface area contributed by atoms with Gasteiger partial charge < -0.3 is 10.1 Å². The lowest BCUT2D eigenvalue weighted by Crippen LogP contribution is -2.27. The van der Waals surface area contributed by atoms with Crippen LogP contribution in [0, 0.1) is 11.3 Å². The van der Waals surface area contributed by atoms with Crippen molar-refractivity contribution in [1.82, 2.24) is 5.32 Å². The smallest absolute Gasteiger partial charge is 0.147 e. The molecule has 0 bridgehead atoms. The number of nitriles is 1. The first-order chi connectivity index (χ1) is 8.62. The first-order valence-corrected chi connectivity index (χ1v) is 7.33. The average molecular weight is 376 g/mol. The zero-order valence-corrected chi connectivity index (χ0v) is 13.6. The van der Waals surface area contributed by atoms with Crippen LogP contribution in [-0.2, 0) is 6.54 Å². The maximum absolute atomic E-state index is 8.70. The minimum atomic E-state index is 0.245. The van der Waals surface area contributed by atoms with Crippen LogP contribution in [0.3, 0.4) is 0 Å². The normalized spacial score (nSPS) is 11.9. The first-order valence-electron chi connectivity index (χ1n) is 5.74. The molecular weight excluding hydrogens is 360 g/mol. The number of halogens is 2. The minimum absolute atomic E-state index is 0.245. The van der Waals surface area contributed by atoms with Crippen molar-refractivity contribution < 1.29 is 4.74 Å². The quantitative estimate of drug-likeness (QED) is 0.817. The monoisotopic (exact) mass is 374 g/mol. The average Bonchev–Trinajstić information content (AvgIpc) is 2.34. The van der Waals surface area contributed by atoms with E-state index in [1.165, 1.54) is 0 Å². The van der Waals surface area contributed by atoms with E-state index in [-0.39, 0.29) is 6.04 Å². The van der Waals surface area contributed by atoms with Crippen molar-refractivity contribution >= 4 is 31.9 Å². The molecule has 98 valence electrons. The number of methoxy groups -OCH3 is 1.